The Kier molecular flexibility index (Phi) is 4.21. The molecule has 0 fully saturated rings. The van der Waals surface area contributed by atoms with E-state index in [4.69, 9.17) is 11.6 Å². The first-order valence-corrected chi connectivity index (χ1v) is 8.25. The van der Waals surface area contributed by atoms with E-state index in [1.54, 1.807) is 18.5 Å². The molecular weight excluding hydrogens is 322 g/mol. The number of phenolic OH excluding ortho intramolecular Hbond substituents is 1. The van der Waals surface area contributed by atoms with Gasteiger partial charge in [0.1, 0.15) is 11.8 Å². The fourth-order valence-electron chi connectivity index (χ4n) is 2.96. The van der Waals surface area contributed by atoms with E-state index in [-0.39, 0.29) is 11.2 Å². The monoisotopic (exact) mass is 339 g/mol. The largest absolute Gasteiger partial charge is 0.508 e. The molecule has 5 heteroatoms. The molecule has 0 amide bonds. The molecule has 1 heterocycles. The zero-order valence-electron chi connectivity index (χ0n) is 13.6. The number of nitrogens with zero attached hydrogens (tertiary/aromatic N) is 3. The zero-order chi connectivity index (χ0) is 17.3. The number of fused-ring (bicyclic) bond motifs is 1. The molecule has 0 aliphatic rings. The normalized spacial score (nSPS) is 11.6. The van der Waals surface area contributed by atoms with Gasteiger partial charge in [-0.3, -0.25) is 0 Å². The van der Waals surface area contributed by atoms with Crippen molar-refractivity contribution >= 4 is 22.6 Å². The summed E-state index contributed by atoms with van der Waals surface area (Å²) < 4.78 is 1.91. The molecule has 24 heavy (non-hydrogen) atoms. The van der Waals surface area contributed by atoms with Gasteiger partial charge in [-0.05, 0) is 35.4 Å². The second-order valence-electron chi connectivity index (χ2n) is 6.30. The van der Waals surface area contributed by atoms with Crippen LogP contribution in [0.15, 0.2) is 42.7 Å². The van der Waals surface area contributed by atoms with Crippen LogP contribution in [0.4, 0.5) is 0 Å². The molecule has 4 nitrogen and oxygen atoms in total. The number of alkyl halides is 1. The summed E-state index contributed by atoms with van der Waals surface area (Å²) in [7, 11) is 0. The molecule has 0 saturated carbocycles. The number of imidazole rings is 1. The number of benzene rings is 2. The molecule has 0 aliphatic heterocycles. The number of aromatic hydroxyl groups is 1. The van der Waals surface area contributed by atoms with Crippen LogP contribution in [0.25, 0.3) is 11.0 Å². The molecular formula is C19H18ClN3O. The third-order valence-corrected chi connectivity index (χ3v) is 4.64. The Labute approximate surface area is 145 Å². The van der Waals surface area contributed by atoms with Gasteiger partial charge in [0, 0.05) is 17.8 Å². The minimum Gasteiger partial charge on any atom is -0.508 e. The first-order valence-electron chi connectivity index (χ1n) is 7.72. The predicted octanol–water partition coefficient (Wildman–Crippen LogP) is 4.18. The number of nitriles is 1. The smallest absolute Gasteiger partial charge is 0.115 e. The second kappa shape index (κ2) is 6.18. The number of halogens is 1. The number of aromatic nitrogens is 2. The van der Waals surface area contributed by atoms with Gasteiger partial charge in [-0.15, -0.1) is 11.6 Å². The van der Waals surface area contributed by atoms with Crippen LogP contribution in [0.2, 0.25) is 0 Å². The van der Waals surface area contributed by atoms with E-state index >= 15 is 0 Å². The number of hydrogen-bond acceptors (Lipinski definition) is 3. The van der Waals surface area contributed by atoms with Crippen molar-refractivity contribution in [3.8, 4) is 11.8 Å². The fraction of sp³-hybridized carbons (Fsp3) is 0.263. The van der Waals surface area contributed by atoms with E-state index in [1.807, 2.05) is 28.8 Å². The summed E-state index contributed by atoms with van der Waals surface area (Å²) >= 11 is 5.83. The second-order valence-corrected chi connectivity index (χ2v) is 6.68. The molecule has 0 unspecified atom stereocenters. The molecule has 3 rings (SSSR count). The van der Waals surface area contributed by atoms with Crippen molar-refractivity contribution < 1.29 is 5.11 Å². The van der Waals surface area contributed by atoms with Crippen LogP contribution in [0.5, 0.6) is 5.75 Å². The van der Waals surface area contributed by atoms with Gasteiger partial charge in [0.05, 0.1) is 22.9 Å². The van der Waals surface area contributed by atoms with Crippen molar-refractivity contribution in [2.24, 2.45) is 0 Å². The maximum atomic E-state index is 9.59. The van der Waals surface area contributed by atoms with Crippen molar-refractivity contribution in [1.29, 1.82) is 5.26 Å². The highest BCUT2D eigenvalue weighted by molar-refractivity contribution is 6.17. The average molecular weight is 340 g/mol. The van der Waals surface area contributed by atoms with E-state index in [2.05, 4.69) is 24.9 Å². The first-order chi connectivity index (χ1) is 11.5. The Balaban J connectivity index is 2.16. The Morgan fingerprint density at radius 1 is 1.21 bits per heavy atom. The molecule has 0 spiro atoms. The maximum absolute atomic E-state index is 9.59. The molecule has 0 atom stereocenters. The van der Waals surface area contributed by atoms with Gasteiger partial charge in [0.15, 0.2) is 0 Å². The van der Waals surface area contributed by atoms with Crippen molar-refractivity contribution in [3.63, 3.8) is 0 Å². The van der Waals surface area contributed by atoms with Gasteiger partial charge in [-0.1, -0.05) is 26.0 Å². The summed E-state index contributed by atoms with van der Waals surface area (Å²) in [5.74, 6) is 0.708. The lowest BCUT2D eigenvalue weighted by Gasteiger charge is -2.26. The maximum Gasteiger partial charge on any atom is 0.115 e. The topological polar surface area (TPSA) is 61.8 Å². The van der Waals surface area contributed by atoms with E-state index in [0.717, 1.165) is 22.2 Å². The van der Waals surface area contributed by atoms with Crippen molar-refractivity contribution in [2.45, 2.75) is 25.8 Å². The summed E-state index contributed by atoms with van der Waals surface area (Å²) in [5, 5.41) is 19.1. The standard InChI is InChI=1S/C19H18ClN3O/c1-19(2,14-3-5-16(24)6-4-14)15-9-13(11-21)18-17(10-15)22-12-23(18)8-7-20/h3-6,9-10,12,24H,7-8H2,1-2H3. The van der Waals surface area contributed by atoms with Crippen LogP contribution in [-0.2, 0) is 12.0 Å². The number of phenols is 1. The van der Waals surface area contributed by atoms with Gasteiger partial charge in [0.2, 0.25) is 0 Å². The van der Waals surface area contributed by atoms with Crippen LogP contribution < -0.4 is 0 Å². The van der Waals surface area contributed by atoms with Crippen molar-refractivity contribution in [1.82, 2.24) is 9.55 Å². The Morgan fingerprint density at radius 3 is 2.54 bits per heavy atom. The first kappa shape index (κ1) is 16.4. The lowest BCUT2D eigenvalue weighted by molar-refractivity contribution is 0.474. The molecule has 0 aliphatic carbocycles. The third kappa shape index (κ3) is 2.72. The summed E-state index contributed by atoms with van der Waals surface area (Å²) in [6.07, 6.45) is 1.73. The Morgan fingerprint density at radius 2 is 1.92 bits per heavy atom. The summed E-state index contributed by atoms with van der Waals surface area (Å²) in [6.45, 7) is 4.81. The quantitative estimate of drug-likeness (QED) is 0.725. The SMILES string of the molecule is CC(C)(c1ccc(O)cc1)c1cc(C#N)c2c(c1)ncn2CCCl. The predicted molar refractivity (Wildman–Crippen MR) is 95.4 cm³/mol. The minimum absolute atomic E-state index is 0.238. The van der Waals surface area contributed by atoms with E-state index < -0.39 is 0 Å². The highest BCUT2D eigenvalue weighted by Gasteiger charge is 2.25. The van der Waals surface area contributed by atoms with E-state index in [1.165, 1.54) is 0 Å². The molecule has 1 N–H and O–H groups in total. The summed E-state index contributed by atoms with van der Waals surface area (Å²) in [5.41, 5.74) is 3.96. The van der Waals surface area contributed by atoms with Gasteiger partial charge >= 0.3 is 0 Å². The number of hydrogen-bond donors (Lipinski definition) is 1. The van der Waals surface area contributed by atoms with Gasteiger partial charge < -0.3 is 9.67 Å². The number of rotatable bonds is 4. The van der Waals surface area contributed by atoms with Crippen LogP contribution in [0, 0.1) is 11.3 Å². The number of aryl methyl sites for hydroxylation is 1. The van der Waals surface area contributed by atoms with Gasteiger partial charge in [-0.25, -0.2) is 4.98 Å². The van der Waals surface area contributed by atoms with Crippen molar-refractivity contribution in [3.05, 3.63) is 59.4 Å². The highest BCUT2D eigenvalue weighted by Crippen LogP contribution is 2.35. The molecule has 0 radical (unpaired) electrons. The third-order valence-electron chi connectivity index (χ3n) is 4.47. The Bertz CT molecular complexity index is 920. The molecule has 122 valence electrons. The lowest BCUT2D eigenvalue weighted by Crippen LogP contribution is -2.19. The summed E-state index contributed by atoms with van der Waals surface area (Å²) in [4.78, 5) is 4.44. The van der Waals surface area contributed by atoms with E-state index in [9.17, 15) is 10.4 Å². The van der Waals surface area contributed by atoms with Crippen LogP contribution in [0.3, 0.4) is 0 Å². The molecule has 0 saturated heterocycles. The average Bonchev–Trinajstić information content (AvgIpc) is 2.98. The van der Waals surface area contributed by atoms with Crippen LogP contribution >= 0.6 is 11.6 Å². The highest BCUT2D eigenvalue weighted by atomic mass is 35.5. The molecule has 3 aromatic rings. The Hall–Kier alpha value is -2.51. The minimum atomic E-state index is -0.316. The zero-order valence-corrected chi connectivity index (χ0v) is 14.4. The van der Waals surface area contributed by atoms with Crippen molar-refractivity contribution in [2.75, 3.05) is 5.88 Å². The fourth-order valence-corrected chi connectivity index (χ4v) is 3.14. The van der Waals surface area contributed by atoms with Gasteiger partial charge in [0.25, 0.3) is 0 Å². The van der Waals surface area contributed by atoms with Gasteiger partial charge in [-0.2, -0.15) is 5.26 Å². The van der Waals surface area contributed by atoms with Crippen LogP contribution in [-0.4, -0.2) is 20.5 Å². The van der Waals surface area contributed by atoms with E-state index in [0.29, 0.717) is 18.0 Å². The summed E-state index contributed by atoms with van der Waals surface area (Å²) in [6, 6.07) is 13.4. The lowest BCUT2D eigenvalue weighted by atomic mass is 9.77. The molecule has 0 bridgehead atoms. The molecule has 1 aromatic heterocycles. The molecule has 2 aromatic carbocycles. The van der Waals surface area contributed by atoms with Crippen LogP contribution in [0.1, 0.15) is 30.5 Å².